The Balaban J connectivity index is 4.02. The van der Waals surface area contributed by atoms with E-state index >= 15 is 0 Å². The van der Waals surface area contributed by atoms with Crippen LogP contribution in [0.5, 0.6) is 0 Å². The maximum Gasteiger partial charge on any atom is 0.305 e. The van der Waals surface area contributed by atoms with E-state index in [1.54, 1.807) is 0 Å². The molecular weight excluding hydrogens is 220 g/mol. The number of rotatable bonds is 8. The second-order valence-corrected chi connectivity index (χ2v) is 3.29. The Morgan fingerprint density at radius 1 is 1.24 bits per heavy atom. The summed E-state index contributed by atoms with van der Waals surface area (Å²) >= 11 is 0. The lowest BCUT2D eigenvalue weighted by atomic mass is 10.3. The number of amides is 1. The minimum Gasteiger partial charge on any atom is -0.481 e. The van der Waals surface area contributed by atoms with Crippen LogP contribution in [-0.4, -0.2) is 48.1 Å². The molecule has 0 aromatic heterocycles. The molecule has 0 fully saturated rings. The summed E-state index contributed by atoms with van der Waals surface area (Å²) in [5, 5.41) is 11.4. The molecule has 5 nitrogen and oxygen atoms in total. The number of carboxylic acid groups (broad SMARTS) is 1. The molecule has 0 aliphatic rings. The summed E-state index contributed by atoms with van der Waals surface area (Å²) in [6.45, 7) is 1.11. The number of nitrogens with one attached hydrogen (secondary N) is 1. The van der Waals surface area contributed by atoms with Gasteiger partial charge in [0, 0.05) is 19.5 Å². The quantitative estimate of drug-likeness (QED) is 0.442. The van der Waals surface area contributed by atoms with Gasteiger partial charge in [0.2, 0.25) is 5.91 Å². The molecule has 0 heterocycles. The van der Waals surface area contributed by atoms with Gasteiger partial charge in [-0.25, -0.2) is 0 Å². The third-order valence-electron chi connectivity index (χ3n) is 1.97. The molecule has 0 rings (SSSR count). The number of aliphatic carboxylic acids is 1. The van der Waals surface area contributed by atoms with Crippen LogP contribution in [0.15, 0.2) is 0 Å². The van der Waals surface area contributed by atoms with E-state index in [1.165, 1.54) is 4.90 Å². The van der Waals surface area contributed by atoms with Gasteiger partial charge in [-0.05, 0) is 0 Å². The summed E-state index contributed by atoms with van der Waals surface area (Å²) in [5.41, 5.74) is 0. The molecule has 0 unspecified atom stereocenters. The fraction of sp³-hybridized carbons (Fsp3) is 0.500. The zero-order valence-corrected chi connectivity index (χ0v) is 9.61. The smallest absolute Gasteiger partial charge is 0.305 e. The highest BCUT2D eigenvalue weighted by molar-refractivity contribution is 5.77. The Kier molecular flexibility index (Phi) is 8.18. The fourth-order valence-corrected chi connectivity index (χ4v) is 1.15. The standard InChI is InChI=1S/C12H16N2O3/c1-3-7-13-8-5-11(15)14(9-4-2)10-6-12(16)17/h1-2,13H,5-10H2,(H,16,17). The van der Waals surface area contributed by atoms with E-state index in [1.807, 2.05) is 0 Å². The van der Waals surface area contributed by atoms with Gasteiger partial charge in [0.25, 0.3) is 0 Å². The third-order valence-corrected chi connectivity index (χ3v) is 1.97. The minimum absolute atomic E-state index is 0.106. The third kappa shape index (κ3) is 7.89. The number of terminal acetylenes is 2. The second kappa shape index (κ2) is 9.26. The molecule has 0 aliphatic carbocycles. The van der Waals surface area contributed by atoms with Gasteiger partial charge in [-0.2, -0.15) is 0 Å². The first kappa shape index (κ1) is 15.0. The lowest BCUT2D eigenvalue weighted by Crippen LogP contribution is -2.35. The molecule has 0 bridgehead atoms. The summed E-state index contributed by atoms with van der Waals surface area (Å²) in [4.78, 5) is 23.4. The van der Waals surface area contributed by atoms with Gasteiger partial charge >= 0.3 is 5.97 Å². The van der Waals surface area contributed by atoms with E-state index < -0.39 is 5.97 Å². The first-order valence-corrected chi connectivity index (χ1v) is 5.19. The number of carbonyl (C=O) groups excluding carboxylic acids is 1. The van der Waals surface area contributed by atoms with Crippen LogP contribution < -0.4 is 5.32 Å². The predicted molar refractivity (Wildman–Crippen MR) is 64.0 cm³/mol. The first-order valence-electron chi connectivity index (χ1n) is 5.19. The Labute approximate surface area is 101 Å². The maximum absolute atomic E-state index is 11.7. The molecule has 92 valence electrons. The molecule has 0 radical (unpaired) electrons. The number of carboxylic acids is 1. The van der Waals surface area contributed by atoms with Crippen molar-refractivity contribution in [1.82, 2.24) is 10.2 Å². The summed E-state index contributed by atoms with van der Waals surface area (Å²) in [6.07, 6.45) is 10.3. The van der Waals surface area contributed by atoms with Crippen molar-refractivity contribution in [1.29, 1.82) is 0 Å². The molecule has 0 spiro atoms. The van der Waals surface area contributed by atoms with Crippen molar-refractivity contribution in [3.63, 3.8) is 0 Å². The van der Waals surface area contributed by atoms with Crippen LogP contribution >= 0.6 is 0 Å². The molecule has 0 aromatic carbocycles. The molecule has 2 N–H and O–H groups in total. The summed E-state index contributed by atoms with van der Waals surface area (Å²) in [6, 6.07) is 0. The highest BCUT2D eigenvalue weighted by Crippen LogP contribution is 1.96. The second-order valence-electron chi connectivity index (χ2n) is 3.29. The topological polar surface area (TPSA) is 69.6 Å². The molecule has 0 aliphatic heterocycles. The average molecular weight is 236 g/mol. The zero-order valence-electron chi connectivity index (χ0n) is 9.61. The van der Waals surface area contributed by atoms with Gasteiger partial charge in [0.15, 0.2) is 0 Å². The van der Waals surface area contributed by atoms with Gasteiger partial charge in [0.1, 0.15) is 0 Å². The molecule has 0 saturated carbocycles. The van der Waals surface area contributed by atoms with Crippen molar-refractivity contribution in [2.24, 2.45) is 0 Å². The number of nitrogens with zero attached hydrogens (tertiary/aromatic N) is 1. The first-order chi connectivity index (χ1) is 8.11. The van der Waals surface area contributed by atoms with Crippen LogP contribution in [0.3, 0.4) is 0 Å². The van der Waals surface area contributed by atoms with Crippen molar-refractivity contribution in [2.75, 3.05) is 26.2 Å². The monoisotopic (exact) mass is 236 g/mol. The highest BCUT2D eigenvalue weighted by atomic mass is 16.4. The Bertz CT molecular complexity index is 339. The maximum atomic E-state index is 11.7. The average Bonchev–Trinajstić information content (AvgIpc) is 2.29. The van der Waals surface area contributed by atoms with Crippen LogP contribution in [0.25, 0.3) is 0 Å². The van der Waals surface area contributed by atoms with E-state index in [9.17, 15) is 9.59 Å². The largest absolute Gasteiger partial charge is 0.481 e. The van der Waals surface area contributed by atoms with Crippen molar-refractivity contribution in [3.05, 3.63) is 0 Å². The minimum atomic E-state index is -0.953. The van der Waals surface area contributed by atoms with Crippen LogP contribution in [0.2, 0.25) is 0 Å². The summed E-state index contributed by atoms with van der Waals surface area (Å²) < 4.78 is 0. The van der Waals surface area contributed by atoms with E-state index in [0.29, 0.717) is 13.1 Å². The van der Waals surface area contributed by atoms with Crippen molar-refractivity contribution >= 4 is 11.9 Å². The van der Waals surface area contributed by atoms with Gasteiger partial charge in [-0.15, -0.1) is 12.8 Å². The number of hydrogen-bond donors (Lipinski definition) is 2. The van der Waals surface area contributed by atoms with Crippen molar-refractivity contribution in [2.45, 2.75) is 12.8 Å². The van der Waals surface area contributed by atoms with Gasteiger partial charge in [-0.3, -0.25) is 9.59 Å². The summed E-state index contributed by atoms with van der Waals surface area (Å²) in [7, 11) is 0. The van der Waals surface area contributed by atoms with Crippen LogP contribution in [0.4, 0.5) is 0 Å². The van der Waals surface area contributed by atoms with E-state index in [2.05, 4.69) is 17.2 Å². The normalized spacial score (nSPS) is 9.06. The van der Waals surface area contributed by atoms with E-state index in [-0.39, 0.29) is 31.8 Å². The summed E-state index contributed by atoms with van der Waals surface area (Å²) in [5.74, 6) is 3.60. The van der Waals surface area contributed by atoms with Gasteiger partial charge in [-0.1, -0.05) is 11.8 Å². The van der Waals surface area contributed by atoms with Crippen LogP contribution in [-0.2, 0) is 9.59 Å². The Hall–Kier alpha value is -1.98. The number of carbonyl (C=O) groups is 2. The number of hydrogen-bond acceptors (Lipinski definition) is 3. The Morgan fingerprint density at radius 3 is 2.47 bits per heavy atom. The molecule has 0 saturated heterocycles. The van der Waals surface area contributed by atoms with Gasteiger partial charge in [0.05, 0.1) is 19.5 Å². The molecule has 1 amide bonds. The van der Waals surface area contributed by atoms with Crippen molar-refractivity contribution < 1.29 is 14.7 Å². The lowest BCUT2D eigenvalue weighted by molar-refractivity contribution is -0.138. The molecule has 0 aromatic rings. The molecular formula is C12H16N2O3. The molecule has 5 heteroatoms. The fourth-order valence-electron chi connectivity index (χ4n) is 1.15. The highest BCUT2D eigenvalue weighted by Gasteiger charge is 2.12. The van der Waals surface area contributed by atoms with Crippen LogP contribution in [0, 0.1) is 24.7 Å². The van der Waals surface area contributed by atoms with Crippen LogP contribution in [0.1, 0.15) is 12.8 Å². The van der Waals surface area contributed by atoms with E-state index in [4.69, 9.17) is 18.0 Å². The van der Waals surface area contributed by atoms with Gasteiger partial charge < -0.3 is 15.3 Å². The molecule has 0 atom stereocenters. The predicted octanol–water partition coefficient (Wildman–Crippen LogP) is -0.464. The van der Waals surface area contributed by atoms with Crippen molar-refractivity contribution in [3.8, 4) is 24.7 Å². The van der Waals surface area contributed by atoms with E-state index in [0.717, 1.165) is 0 Å². The Morgan fingerprint density at radius 2 is 1.94 bits per heavy atom. The zero-order chi connectivity index (χ0) is 13.1. The molecule has 17 heavy (non-hydrogen) atoms. The SMILES string of the molecule is C#CCNCCC(=O)N(CC#C)CCC(=O)O. The lowest BCUT2D eigenvalue weighted by Gasteiger charge is -2.19.